The molecule has 1 aromatic carbocycles. The number of carboxylic acids is 1. The van der Waals surface area contributed by atoms with E-state index in [0.717, 1.165) is 4.90 Å². The lowest BCUT2D eigenvalue weighted by Crippen LogP contribution is -2.01. The third-order valence-electron chi connectivity index (χ3n) is 2.40. The van der Waals surface area contributed by atoms with E-state index in [-0.39, 0.29) is 23.9 Å². The number of benzene rings is 1. The first-order valence-corrected chi connectivity index (χ1v) is 6.45. The van der Waals surface area contributed by atoms with Crippen molar-refractivity contribution in [3.63, 3.8) is 0 Å². The van der Waals surface area contributed by atoms with Gasteiger partial charge in [0.2, 0.25) is 5.89 Å². The van der Waals surface area contributed by atoms with Crippen molar-refractivity contribution in [1.82, 2.24) is 4.98 Å². The molecule has 18 heavy (non-hydrogen) atoms. The van der Waals surface area contributed by atoms with Gasteiger partial charge in [-0.05, 0) is 18.4 Å². The topological polar surface area (TPSA) is 89.4 Å². The summed E-state index contributed by atoms with van der Waals surface area (Å²) in [4.78, 5) is 16.0. The lowest BCUT2D eigenvalue weighted by Gasteiger charge is -2.00. The largest absolute Gasteiger partial charge is 0.476 e. The van der Waals surface area contributed by atoms with Crippen molar-refractivity contribution in [3.05, 3.63) is 35.9 Å². The minimum absolute atomic E-state index is 0.0726. The average Bonchev–Trinajstić information content (AvgIpc) is 2.83. The third kappa shape index (κ3) is 2.39. The predicted octanol–water partition coefficient (Wildman–Crippen LogP) is 2.22. The molecule has 0 amide bonds. The molecule has 0 saturated heterocycles. The van der Waals surface area contributed by atoms with Gasteiger partial charge in [0, 0.05) is 10.5 Å². The number of aromatic nitrogens is 1. The van der Waals surface area contributed by atoms with Crippen molar-refractivity contribution in [1.29, 1.82) is 0 Å². The van der Waals surface area contributed by atoms with Crippen LogP contribution in [-0.2, 0) is 6.54 Å². The Labute approximate surface area is 108 Å². The van der Waals surface area contributed by atoms with E-state index in [2.05, 4.69) is 4.98 Å². The minimum atomic E-state index is -1.12. The first-order valence-electron chi connectivity index (χ1n) is 5.23. The van der Waals surface area contributed by atoms with Gasteiger partial charge in [-0.3, -0.25) is 0 Å². The summed E-state index contributed by atoms with van der Waals surface area (Å²) in [6.07, 6.45) is 1.97. The molecule has 0 unspecified atom stereocenters. The van der Waals surface area contributed by atoms with E-state index in [4.69, 9.17) is 15.3 Å². The summed E-state index contributed by atoms with van der Waals surface area (Å²) in [5.74, 6) is -0.658. The van der Waals surface area contributed by atoms with Crippen molar-refractivity contribution in [2.75, 3.05) is 6.26 Å². The average molecular weight is 264 g/mol. The van der Waals surface area contributed by atoms with E-state index in [1.54, 1.807) is 23.9 Å². The van der Waals surface area contributed by atoms with Crippen LogP contribution in [0.5, 0.6) is 0 Å². The summed E-state index contributed by atoms with van der Waals surface area (Å²) >= 11 is 1.61. The highest BCUT2D eigenvalue weighted by molar-refractivity contribution is 7.98. The third-order valence-corrected chi connectivity index (χ3v) is 3.14. The Hall–Kier alpha value is -1.79. The van der Waals surface area contributed by atoms with Crippen LogP contribution in [0.3, 0.4) is 0 Å². The van der Waals surface area contributed by atoms with Crippen LogP contribution in [0.2, 0.25) is 0 Å². The number of rotatable bonds is 4. The first kappa shape index (κ1) is 12.7. The highest BCUT2D eigenvalue weighted by atomic mass is 32.2. The van der Waals surface area contributed by atoms with E-state index in [1.165, 1.54) is 0 Å². The van der Waals surface area contributed by atoms with Crippen molar-refractivity contribution in [2.24, 2.45) is 5.73 Å². The van der Waals surface area contributed by atoms with Gasteiger partial charge in [0.1, 0.15) is 0 Å². The maximum atomic E-state index is 11.1. The number of aromatic carboxylic acids is 1. The molecule has 2 rings (SSSR count). The van der Waals surface area contributed by atoms with Gasteiger partial charge in [-0.25, -0.2) is 9.78 Å². The SMILES string of the molecule is CSc1ccc(-c2oc(CN)nc2C(=O)O)cc1. The lowest BCUT2D eigenvalue weighted by molar-refractivity contribution is 0.0691. The number of nitrogens with two attached hydrogens (primary N) is 1. The van der Waals surface area contributed by atoms with Crippen LogP contribution in [0.25, 0.3) is 11.3 Å². The highest BCUT2D eigenvalue weighted by Crippen LogP contribution is 2.27. The van der Waals surface area contributed by atoms with E-state index < -0.39 is 5.97 Å². The summed E-state index contributed by atoms with van der Waals surface area (Å²) < 4.78 is 5.36. The van der Waals surface area contributed by atoms with E-state index in [0.29, 0.717) is 5.56 Å². The van der Waals surface area contributed by atoms with E-state index in [9.17, 15) is 4.79 Å². The minimum Gasteiger partial charge on any atom is -0.476 e. The molecular formula is C12H12N2O3S. The van der Waals surface area contributed by atoms with Crippen molar-refractivity contribution in [3.8, 4) is 11.3 Å². The first-order chi connectivity index (χ1) is 8.65. The summed E-state index contributed by atoms with van der Waals surface area (Å²) in [5, 5.41) is 9.07. The standard InChI is InChI=1S/C12H12N2O3S/c1-18-8-4-2-7(3-5-8)11-10(12(15)16)14-9(6-13)17-11/h2-5H,6,13H2,1H3,(H,15,16). The zero-order chi connectivity index (χ0) is 13.1. The normalized spacial score (nSPS) is 10.6. The molecule has 94 valence electrons. The smallest absolute Gasteiger partial charge is 0.358 e. The van der Waals surface area contributed by atoms with Crippen LogP contribution in [0, 0.1) is 0 Å². The molecule has 1 heterocycles. The van der Waals surface area contributed by atoms with Crippen molar-refractivity contribution in [2.45, 2.75) is 11.4 Å². The quantitative estimate of drug-likeness (QED) is 0.823. The summed E-state index contributed by atoms with van der Waals surface area (Å²) in [7, 11) is 0. The molecule has 3 N–H and O–H groups in total. The van der Waals surface area contributed by atoms with Gasteiger partial charge in [0.25, 0.3) is 0 Å². The summed E-state index contributed by atoms with van der Waals surface area (Å²) in [6.45, 7) is 0.0726. The Morgan fingerprint density at radius 2 is 2.11 bits per heavy atom. The van der Waals surface area contributed by atoms with Crippen molar-refractivity contribution < 1.29 is 14.3 Å². The van der Waals surface area contributed by atoms with E-state index >= 15 is 0 Å². The number of hydrogen-bond donors (Lipinski definition) is 2. The maximum absolute atomic E-state index is 11.1. The van der Waals surface area contributed by atoms with Crippen LogP contribution in [0.1, 0.15) is 16.4 Å². The van der Waals surface area contributed by atoms with Gasteiger partial charge >= 0.3 is 5.97 Å². The molecule has 0 bridgehead atoms. The second-order valence-corrected chi connectivity index (χ2v) is 4.40. The molecule has 0 aliphatic heterocycles. The molecule has 6 heteroatoms. The second kappa shape index (κ2) is 5.24. The number of carboxylic acid groups (broad SMARTS) is 1. The zero-order valence-electron chi connectivity index (χ0n) is 9.71. The van der Waals surface area contributed by atoms with Crippen molar-refractivity contribution >= 4 is 17.7 Å². The van der Waals surface area contributed by atoms with Crippen LogP contribution in [0.15, 0.2) is 33.6 Å². The molecule has 0 aliphatic carbocycles. The molecule has 0 saturated carbocycles. The van der Waals surface area contributed by atoms with Gasteiger partial charge in [-0.1, -0.05) is 12.1 Å². The Balaban J connectivity index is 2.47. The summed E-state index contributed by atoms with van der Waals surface area (Å²) in [6, 6.07) is 7.41. The fourth-order valence-corrected chi connectivity index (χ4v) is 1.94. The number of oxazole rings is 1. The zero-order valence-corrected chi connectivity index (χ0v) is 10.5. The molecule has 0 atom stereocenters. The molecular weight excluding hydrogens is 252 g/mol. The van der Waals surface area contributed by atoms with Crippen LogP contribution >= 0.6 is 11.8 Å². The van der Waals surface area contributed by atoms with Gasteiger partial charge in [0.05, 0.1) is 6.54 Å². The summed E-state index contributed by atoms with van der Waals surface area (Å²) in [5.41, 5.74) is 5.98. The lowest BCUT2D eigenvalue weighted by atomic mass is 10.1. The molecule has 1 aromatic heterocycles. The fourth-order valence-electron chi connectivity index (χ4n) is 1.53. The van der Waals surface area contributed by atoms with Crippen LogP contribution < -0.4 is 5.73 Å². The number of thioether (sulfide) groups is 1. The predicted molar refractivity (Wildman–Crippen MR) is 68.6 cm³/mol. The number of carbonyl (C=O) groups is 1. The Bertz CT molecular complexity index is 563. The molecule has 5 nitrogen and oxygen atoms in total. The van der Waals surface area contributed by atoms with Crippen LogP contribution in [-0.4, -0.2) is 22.3 Å². The number of nitrogens with zero attached hydrogens (tertiary/aromatic N) is 1. The molecule has 0 radical (unpaired) electrons. The Morgan fingerprint density at radius 1 is 1.44 bits per heavy atom. The molecule has 0 aliphatic rings. The van der Waals surface area contributed by atoms with Gasteiger partial charge in [-0.15, -0.1) is 11.8 Å². The molecule has 0 fully saturated rings. The monoisotopic (exact) mass is 264 g/mol. The maximum Gasteiger partial charge on any atom is 0.358 e. The Kier molecular flexibility index (Phi) is 3.69. The number of hydrogen-bond acceptors (Lipinski definition) is 5. The van der Waals surface area contributed by atoms with Gasteiger partial charge in [0.15, 0.2) is 11.5 Å². The fraction of sp³-hybridized carbons (Fsp3) is 0.167. The molecule has 2 aromatic rings. The van der Waals surface area contributed by atoms with Crippen LogP contribution in [0.4, 0.5) is 0 Å². The van der Waals surface area contributed by atoms with Gasteiger partial charge < -0.3 is 15.3 Å². The Morgan fingerprint density at radius 3 is 2.61 bits per heavy atom. The van der Waals surface area contributed by atoms with Gasteiger partial charge in [-0.2, -0.15) is 0 Å². The molecule has 0 spiro atoms. The highest BCUT2D eigenvalue weighted by Gasteiger charge is 2.20. The van der Waals surface area contributed by atoms with E-state index in [1.807, 2.05) is 18.4 Å². The second-order valence-electron chi connectivity index (χ2n) is 3.52.